The van der Waals surface area contributed by atoms with E-state index in [9.17, 15) is 4.79 Å². The van der Waals surface area contributed by atoms with E-state index in [4.69, 9.17) is 4.42 Å². The Labute approximate surface area is 150 Å². The number of hydrogen-bond donors (Lipinski definition) is 1. The molecule has 128 valence electrons. The smallest absolute Gasteiger partial charge is 0.322 e. The van der Waals surface area contributed by atoms with E-state index in [1.54, 1.807) is 17.8 Å². The molecule has 3 aromatic rings. The molecule has 1 heterocycles. The number of benzene rings is 2. The van der Waals surface area contributed by atoms with Gasteiger partial charge in [0.25, 0.3) is 5.91 Å². The fourth-order valence-electron chi connectivity index (χ4n) is 2.54. The Morgan fingerprint density at radius 3 is 2.72 bits per heavy atom. The third kappa shape index (κ3) is 3.91. The van der Waals surface area contributed by atoms with Gasteiger partial charge in [-0.3, -0.25) is 10.1 Å². The maximum Gasteiger partial charge on any atom is 0.322 e. The van der Waals surface area contributed by atoms with Crippen molar-refractivity contribution in [2.24, 2.45) is 0 Å². The van der Waals surface area contributed by atoms with Crippen LogP contribution < -0.4 is 5.32 Å². The molecule has 3 rings (SSSR count). The van der Waals surface area contributed by atoms with Gasteiger partial charge >= 0.3 is 6.01 Å². The number of nitrogens with one attached hydrogen (secondary N) is 1. The van der Waals surface area contributed by atoms with Crippen LogP contribution in [0.15, 0.2) is 51.8 Å². The summed E-state index contributed by atoms with van der Waals surface area (Å²) in [5.41, 5.74) is 3.67. The minimum Gasteiger partial charge on any atom is -0.403 e. The van der Waals surface area contributed by atoms with Crippen LogP contribution in [0.3, 0.4) is 0 Å². The molecule has 25 heavy (non-hydrogen) atoms. The number of thioether (sulfide) groups is 1. The van der Waals surface area contributed by atoms with Gasteiger partial charge in [0.15, 0.2) is 0 Å². The first-order chi connectivity index (χ1) is 12.1. The lowest BCUT2D eigenvalue weighted by Gasteiger charge is -2.06. The molecule has 0 saturated carbocycles. The number of rotatable bonds is 5. The molecule has 5 nitrogen and oxygen atoms in total. The molecular formula is C19H19N3O2S. The third-order valence-corrected chi connectivity index (χ3v) is 4.64. The summed E-state index contributed by atoms with van der Waals surface area (Å²) in [5.74, 6) is 1.03. The third-order valence-electron chi connectivity index (χ3n) is 3.69. The average molecular weight is 353 g/mol. The predicted molar refractivity (Wildman–Crippen MR) is 100 cm³/mol. The van der Waals surface area contributed by atoms with Crippen LogP contribution in [0.25, 0.3) is 11.5 Å². The summed E-state index contributed by atoms with van der Waals surface area (Å²) >= 11 is 1.62. The molecule has 0 radical (unpaired) electrons. The second-order valence-corrected chi connectivity index (χ2v) is 6.92. The van der Waals surface area contributed by atoms with Gasteiger partial charge in [-0.25, -0.2) is 0 Å². The number of amides is 1. The average Bonchev–Trinajstić information content (AvgIpc) is 3.03. The molecule has 0 spiro atoms. The summed E-state index contributed by atoms with van der Waals surface area (Å²) < 4.78 is 5.62. The molecule has 0 aliphatic rings. The second-order valence-electron chi connectivity index (χ2n) is 5.61. The van der Waals surface area contributed by atoms with Gasteiger partial charge in [0.1, 0.15) is 0 Å². The standard InChI is InChI=1S/C19H19N3O2S/c1-4-25-16-8-6-5-7-15(16)17(23)20-19-22-21-18(24-19)14-10-9-12(2)11-13(14)3/h5-11H,4H2,1-3H3,(H,20,22,23). The Kier molecular flexibility index (Phi) is 5.19. The normalized spacial score (nSPS) is 10.7. The van der Waals surface area contributed by atoms with Crippen LogP contribution in [0, 0.1) is 13.8 Å². The highest BCUT2D eigenvalue weighted by atomic mass is 32.2. The van der Waals surface area contributed by atoms with Crippen LogP contribution >= 0.6 is 11.8 Å². The Balaban J connectivity index is 1.81. The lowest BCUT2D eigenvalue weighted by atomic mass is 10.1. The van der Waals surface area contributed by atoms with Gasteiger partial charge < -0.3 is 4.42 Å². The Hall–Kier alpha value is -2.60. The molecule has 1 aromatic heterocycles. The highest BCUT2D eigenvalue weighted by molar-refractivity contribution is 7.99. The first-order valence-electron chi connectivity index (χ1n) is 8.02. The van der Waals surface area contributed by atoms with Gasteiger partial charge in [-0.15, -0.1) is 16.9 Å². The zero-order valence-electron chi connectivity index (χ0n) is 14.4. The fraction of sp³-hybridized carbons (Fsp3) is 0.211. The van der Waals surface area contributed by atoms with E-state index < -0.39 is 0 Å². The van der Waals surface area contributed by atoms with Gasteiger partial charge in [-0.1, -0.05) is 41.9 Å². The molecular weight excluding hydrogens is 334 g/mol. The van der Waals surface area contributed by atoms with Gasteiger partial charge in [0.2, 0.25) is 5.89 Å². The predicted octanol–water partition coefficient (Wildman–Crippen LogP) is 4.72. The molecule has 6 heteroatoms. The van der Waals surface area contributed by atoms with Crippen LogP contribution in [-0.4, -0.2) is 21.9 Å². The SMILES string of the molecule is CCSc1ccccc1C(=O)Nc1nnc(-c2ccc(C)cc2C)o1. The summed E-state index contributed by atoms with van der Waals surface area (Å²) in [5, 5.41) is 10.7. The summed E-state index contributed by atoms with van der Waals surface area (Å²) in [7, 11) is 0. The maximum atomic E-state index is 12.5. The van der Waals surface area contributed by atoms with E-state index in [0.717, 1.165) is 21.8 Å². The maximum absolute atomic E-state index is 12.5. The number of carbonyl (C=O) groups is 1. The van der Waals surface area contributed by atoms with Crippen molar-refractivity contribution in [3.8, 4) is 11.5 Å². The van der Waals surface area contributed by atoms with Crippen LogP contribution in [-0.2, 0) is 0 Å². The van der Waals surface area contributed by atoms with E-state index in [1.165, 1.54) is 5.56 Å². The summed E-state index contributed by atoms with van der Waals surface area (Å²) in [6.07, 6.45) is 0. The van der Waals surface area contributed by atoms with Crippen LogP contribution in [0.1, 0.15) is 28.4 Å². The summed E-state index contributed by atoms with van der Waals surface area (Å²) in [6, 6.07) is 13.5. The topological polar surface area (TPSA) is 68.0 Å². The van der Waals surface area contributed by atoms with Crippen molar-refractivity contribution in [3.05, 3.63) is 59.2 Å². The fourth-order valence-corrected chi connectivity index (χ4v) is 3.34. The van der Waals surface area contributed by atoms with E-state index >= 15 is 0 Å². The van der Waals surface area contributed by atoms with Crippen LogP contribution in [0.4, 0.5) is 6.01 Å². The second kappa shape index (κ2) is 7.53. The summed E-state index contributed by atoms with van der Waals surface area (Å²) in [4.78, 5) is 13.4. The lowest BCUT2D eigenvalue weighted by molar-refractivity contribution is 0.102. The monoisotopic (exact) mass is 353 g/mol. The van der Waals surface area contributed by atoms with E-state index in [2.05, 4.69) is 21.6 Å². The van der Waals surface area contributed by atoms with Crippen molar-refractivity contribution in [1.82, 2.24) is 10.2 Å². The molecule has 0 aliphatic carbocycles. The zero-order valence-corrected chi connectivity index (χ0v) is 15.2. The number of nitrogens with zero attached hydrogens (tertiary/aromatic N) is 2. The highest BCUT2D eigenvalue weighted by Crippen LogP contribution is 2.26. The number of aromatic nitrogens is 2. The largest absolute Gasteiger partial charge is 0.403 e. The number of anilines is 1. The zero-order chi connectivity index (χ0) is 17.8. The number of hydrogen-bond acceptors (Lipinski definition) is 5. The molecule has 0 atom stereocenters. The molecule has 0 fully saturated rings. The minimum absolute atomic E-state index is 0.0938. The minimum atomic E-state index is -0.257. The van der Waals surface area contributed by atoms with Gasteiger partial charge in [0.05, 0.1) is 5.56 Å². The quantitative estimate of drug-likeness (QED) is 0.672. The molecule has 0 saturated heterocycles. The van der Waals surface area contributed by atoms with Crippen molar-refractivity contribution >= 4 is 23.7 Å². The van der Waals surface area contributed by atoms with Crippen molar-refractivity contribution in [2.45, 2.75) is 25.7 Å². The van der Waals surface area contributed by atoms with Gasteiger partial charge in [-0.05, 0) is 43.4 Å². The first kappa shape index (κ1) is 17.2. The Bertz CT molecular complexity index is 905. The Morgan fingerprint density at radius 1 is 1.16 bits per heavy atom. The molecule has 1 N–H and O–H groups in total. The highest BCUT2D eigenvalue weighted by Gasteiger charge is 2.16. The van der Waals surface area contributed by atoms with Crippen LogP contribution in [0.5, 0.6) is 0 Å². The van der Waals surface area contributed by atoms with E-state index in [-0.39, 0.29) is 11.9 Å². The van der Waals surface area contributed by atoms with E-state index in [1.807, 2.05) is 51.1 Å². The molecule has 0 aliphatic heterocycles. The van der Waals surface area contributed by atoms with Crippen LogP contribution in [0.2, 0.25) is 0 Å². The molecule has 0 unspecified atom stereocenters. The molecule has 1 amide bonds. The van der Waals surface area contributed by atoms with Crippen molar-refractivity contribution in [3.63, 3.8) is 0 Å². The van der Waals surface area contributed by atoms with Crippen molar-refractivity contribution in [2.75, 3.05) is 11.1 Å². The number of aryl methyl sites for hydroxylation is 2. The first-order valence-corrected chi connectivity index (χ1v) is 9.01. The Morgan fingerprint density at radius 2 is 1.96 bits per heavy atom. The van der Waals surface area contributed by atoms with Gasteiger partial charge in [-0.2, -0.15) is 0 Å². The molecule has 0 bridgehead atoms. The lowest BCUT2D eigenvalue weighted by Crippen LogP contribution is -2.13. The van der Waals surface area contributed by atoms with Crippen molar-refractivity contribution < 1.29 is 9.21 Å². The van der Waals surface area contributed by atoms with E-state index in [0.29, 0.717) is 11.5 Å². The van der Waals surface area contributed by atoms with Crippen molar-refractivity contribution in [1.29, 1.82) is 0 Å². The number of carbonyl (C=O) groups excluding carboxylic acids is 1. The molecule has 2 aromatic carbocycles. The van der Waals surface area contributed by atoms with Gasteiger partial charge in [0, 0.05) is 10.5 Å². The summed E-state index contributed by atoms with van der Waals surface area (Å²) in [6.45, 7) is 6.07.